The maximum absolute atomic E-state index is 8.99. The molecule has 0 aromatic carbocycles. The quantitative estimate of drug-likeness (QED) is 0.147. The van der Waals surface area contributed by atoms with Crippen molar-refractivity contribution in [3.63, 3.8) is 0 Å². The Hall–Kier alpha value is -0.263. The summed E-state index contributed by atoms with van der Waals surface area (Å²) in [5.41, 5.74) is 0. The van der Waals surface area contributed by atoms with Gasteiger partial charge < -0.3 is 6.58 Å². The first-order valence-corrected chi connectivity index (χ1v) is 0.957. The molecule has 0 aromatic heterocycles. The number of nitrogens with zero attached hydrogens (tertiary/aromatic N) is 1. The summed E-state index contributed by atoms with van der Waals surface area (Å²) in [6, 6.07) is 0. The van der Waals surface area contributed by atoms with Crippen molar-refractivity contribution in [1.82, 2.24) is 0 Å². The molecule has 0 bridgehead atoms. The molecule has 3 nitrogen and oxygen atoms in total. The second-order valence-electron chi connectivity index (χ2n) is 0.434. The van der Waals surface area contributed by atoms with Gasteiger partial charge in [-0.2, -0.15) is 0 Å². The van der Waals surface area contributed by atoms with Gasteiger partial charge in [0.15, 0.2) is 0 Å². The Balaban J connectivity index is 0. The molecular formula is C2H2LiNO2. The summed E-state index contributed by atoms with van der Waals surface area (Å²) in [5, 5.41) is 8.99. The van der Waals surface area contributed by atoms with Crippen molar-refractivity contribution in [3.05, 3.63) is 22.9 Å². The fourth-order valence-electron chi connectivity index (χ4n) is 0. The van der Waals surface area contributed by atoms with Crippen LogP contribution in [0.4, 0.5) is 0 Å². The molecule has 0 N–H and O–H groups in total. The van der Waals surface area contributed by atoms with Crippen LogP contribution in [0.25, 0.3) is 0 Å². The van der Waals surface area contributed by atoms with Crippen LogP contribution in [0.1, 0.15) is 0 Å². The minimum atomic E-state index is -0.722. The van der Waals surface area contributed by atoms with Crippen LogP contribution >= 0.6 is 0 Å². The van der Waals surface area contributed by atoms with E-state index >= 15 is 0 Å². The smallest absolute Gasteiger partial charge is 0.439 e. The van der Waals surface area contributed by atoms with E-state index in [4.69, 9.17) is 10.1 Å². The summed E-state index contributed by atoms with van der Waals surface area (Å²) >= 11 is 0. The van der Waals surface area contributed by atoms with Gasteiger partial charge in [-0.15, -0.1) is 0 Å². The monoisotopic (exact) mass is 79.0 g/mol. The number of hydrogen-bond acceptors (Lipinski definition) is 2. The third-order valence-corrected chi connectivity index (χ3v) is 0.122. The van der Waals surface area contributed by atoms with Crippen LogP contribution in [0.2, 0.25) is 0 Å². The first-order chi connectivity index (χ1) is 2.27. The summed E-state index contributed by atoms with van der Waals surface area (Å²) < 4.78 is 0. The van der Waals surface area contributed by atoms with E-state index in [9.17, 15) is 0 Å². The summed E-state index contributed by atoms with van der Waals surface area (Å²) in [5.74, 6) is 0. The molecule has 0 radical (unpaired) electrons. The van der Waals surface area contributed by atoms with Crippen molar-refractivity contribution in [3.8, 4) is 0 Å². The Morgan fingerprint density at radius 2 is 2.00 bits per heavy atom. The standard InChI is InChI=1S/C2H2NO2.Li/c1-2-3(4)5;/h1-2H;/q-1;+1. The van der Waals surface area contributed by atoms with E-state index in [0.29, 0.717) is 6.20 Å². The molecule has 6 heavy (non-hydrogen) atoms. The van der Waals surface area contributed by atoms with Gasteiger partial charge in [0.2, 0.25) is 0 Å². The summed E-state index contributed by atoms with van der Waals surface area (Å²) in [6.45, 7) is 4.35. The molecule has 4 heteroatoms. The average molecular weight is 79.0 g/mol. The molecule has 0 amide bonds. The Morgan fingerprint density at radius 1 is 1.83 bits per heavy atom. The van der Waals surface area contributed by atoms with Gasteiger partial charge in [-0.05, 0) is 0 Å². The zero-order valence-corrected chi connectivity index (χ0v) is 3.42. The normalized spacial score (nSPS) is 5.33. The largest absolute Gasteiger partial charge is 1.00 e. The second kappa shape index (κ2) is 4.74. The third kappa shape index (κ3) is 9.28. The summed E-state index contributed by atoms with van der Waals surface area (Å²) in [6.07, 6.45) is 0.389. The van der Waals surface area contributed by atoms with Gasteiger partial charge in [-0.3, -0.25) is 10.1 Å². The minimum absolute atomic E-state index is 0. The van der Waals surface area contributed by atoms with Gasteiger partial charge in [-0.1, -0.05) is 0 Å². The Kier molecular flexibility index (Phi) is 7.28. The molecule has 0 saturated heterocycles. The van der Waals surface area contributed by atoms with E-state index in [-0.39, 0.29) is 18.9 Å². The molecule has 0 unspecified atom stereocenters. The SMILES string of the molecule is [CH-]=C[N+](=O)[O-].[Li+]. The molecule has 0 spiro atoms. The van der Waals surface area contributed by atoms with Crippen molar-refractivity contribution in [2.24, 2.45) is 0 Å². The fraction of sp³-hybridized carbons (Fsp3) is 0. The summed E-state index contributed by atoms with van der Waals surface area (Å²) in [4.78, 5) is 8.27. The van der Waals surface area contributed by atoms with Crippen LogP contribution in [0.5, 0.6) is 0 Å². The maximum Gasteiger partial charge on any atom is 1.00 e. The van der Waals surface area contributed by atoms with E-state index in [1.165, 1.54) is 0 Å². The predicted molar refractivity (Wildman–Crippen MR) is 15.9 cm³/mol. The molecular weight excluding hydrogens is 77.0 g/mol. The molecule has 0 aromatic rings. The van der Waals surface area contributed by atoms with Crippen LogP contribution in [0, 0.1) is 16.7 Å². The molecule has 0 saturated carbocycles. The zero-order chi connectivity index (χ0) is 4.28. The van der Waals surface area contributed by atoms with Crippen LogP contribution < -0.4 is 18.9 Å². The number of nitro groups is 1. The predicted octanol–water partition coefficient (Wildman–Crippen LogP) is -2.79. The van der Waals surface area contributed by atoms with Gasteiger partial charge in [-0.25, -0.2) is 0 Å². The Bertz CT molecular complexity index is 62.6. The molecule has 0 heterocycles. The van der Waals surface area contributed by atoms with E-state index in [2.05, 4.69) is 6.58 Å². The van der Waals surface area contributed by atoms with Crippen LogP contribution in [0.3, 0.4) is 0 Å². The van der Waals surface area contributed by atoms with Crippen molar-refractivity contribution in [2.45, 2.75) is 0 Å². The van der Waals surface area contributed by atoms with Gasteiger partial charge in [0.05, 0.1) is 6.20 Å². The third-order valence-electron chi connectivity index (χ3n) is 0.122. The molecule has 0 aliphatic carbocycles. The van der Waals surface area contributed by atoms with Crippen molar-refractivity contribution >= 4 is 0 Å². The molecule has 0 atom stereocenters. The van der Waals surface area contributed by atoms with Crippen molar-refractivity contribution < 1.29 is 23.8 Å². The molecule has 0 aliphatic rings. The first kappa shape index (κ1) is 9.22. The van der Waals surface area contributed by atoms with Crippen molar-refractivity contribution in [2.75, 3.05) is 0 Å². The van der Waals surface area contributed by atoms with E-state index in [0.717, 1.165) is 0 Å². The molecule has 28 valence electrons. The average Bonchev–Trinajstić information content (AvgIpc) is 1.38. The van der Waals surface area contributed by atoms with Gasteiger partial charge in [0.1, 0.15) is 0 Å². The van der Waals surface area contributed by atoms with E-state index in [1.807, 2.05) is 0 Å². The van der Waals surface area contributed by atoms with Gasteiger partial charge in [0, 0.05) is 4.92 Å². The van der Waals surface area contributed by atoms with Crippen molar-refractivity contribution in [1.29, 1.82) is 0 Å². The van der Waals surface area contributed by atoms with Gasteiger partial charge in [0.25, 0.3) is 0 Å². The minimum Gasteiger partial charge on any atom is -0.439 e. The Morgan fingerprint density at radius 3 is 2.00 bits per heavy atom. The molecule has 0 fully saturated rings. The fourth-order valence-corrected chi connectivity index (χ4v) is 0. The first-order valence-electron chi connectivity index (χ1n) is 0.957. The van der Waals surface area contributed by atoms with Crippen LogP contribution in [0.15, 0.2) is 6.20 Å². The van der Waals surface area contributed by atoms with Crippen LogP contribution in [-0.2, 0) is 0 Å². The topological polar surface area (TPSA) is 43.1 Å². The number of hydrogen-bond donors (Lipinski definition) is 0. The molecule has 0 rings (SSSR count). The second-order valence-corrected chi connectivity index (χ2v) is 0.434. The zero-order valence-electron chi connectivity index (χ0n) is 3.42. The van der Waals surface area contributed by atoms with E-state index < -0.39 is 4.92 Å². The van der Waals surface area contributed by atoms with Gasteiger partial charge >= 0.3 is 18.9 Å². The Labute approximate surface area is 47.4 Å². The molecule has 0 aliphatic heterocycles. The number of rotatable bonds is 1. The van der Waals surface area contributed by atoms with Crippen LogP contribution in [-0.4, -0.2) is 4.92 Å². The summed E-state index contributed by atoms with van der Waals surface area (Å²) in [7, 11) is 0. The van der Waals surface area contributed by atoms with E-state index in [1.54, 1.807) is 0 Å². The maximum atomic E-state index is 8.99.